The highest BCUT2D eigenvalue weighted by atomic mass is 19.1. The number of aromatic nitrogens is 2. The van der Waals surface area contributed by atoms with Crippen molar-refractivity contribution < 1.29 is 23.8 Å². The predicted octanol–water partition coefficient (Wildman–Crippen LogP) is 1.69. The largest absolute Gasteiger partial charge is 0.486 e. The second-order valence-electron chi connectivity index (χ2n) is 3.95. The summed E-state index contributed by atoms with van der Waals surface area (Å²) in [7, 11) is 0. The van der Waals surface area contributed by atoms with Gasteiger partial charge in [0, 0.05) is 5.56 Å². The van der Waals surface area contributed by atoms with Gasteiger partial charge in [-0.15, -0.1) is 0 Å². The molecule has 0 bridgehead atoms. The topological polar surface area (TPSA) is 84.4 Å². The molecular formula is C12H9FN2O4. The maximum absolute atomic E-state index is 13.8. The summed E-state index contributed by atoms with van der Waals surface area (Å²) < 4.78 is 24.3. The number of carboxylic acid groups (broad SMARTS) is 1. The van der Waals surface area contributed by atoms with Crippen LogP contribution in [0.4, 0.5) is 4.39 Å². The van der Waals surface area contributed by atoms with Crippen molar-refractivity contribution in [3.05, 3.63) is 29.7 Å². The molecule has 2 N–H and O–H groups in total. The fourth-order valence-electron chi connectivity index (χ4n) is 1.84. The van der Waals surface area contributed by atoms with Crippen LogP contribution in [0.3, 0.4) is 0 Å². The van der Waals surface area contributed by atoms with Crippen molar-refractivity contribution in [3.8, 4) is 22.8 Å². The van der Waals surface area contributed by atoms with E-state index in [0.29, 0.717) is 30.2 Å². The van der Waals surface area contributed by atoms with Crippen LogP contribution in [-0.4, -0.2) is 34.5 Å². The Morgan fingerprint density at radius 1 is 1.32 bits per heavy atom. The summed E-state index contributed by atoms with van der Waals surface area (Å²) in [6, 6.07) is 4.13. The van der Waals surface area contributed by atoms with Gasteiger partial charge in [0.15, 0.2) is 17.3 Å². The van der Waals surface area contributed by atoms with Gasteiger partial charge in [0.25, 0.3) is 0 Å². The van der Waals surface area contributed by atoms with Crippen LogP contribution < -0.4 is 9.47 Å². The van der Waals surface area contributed by atoms with E-state index < -0.39 is 11.8 Å². The molecule has 0 fully saturated rings. The summed E-state index contributed by atoms with van der Waals surface area (Å²) in [6.07, 6.45) is 0. The Labute approximate surface area is 106 Å². The zero-order valence-corrected chi connectivity index (χ0v) is 9.64. The lowest BCUT2D eigenvalue weighted by Gasteiger charge is -2.19. The number of benzene rings is 1. The van der Waals surface area contributed by atoms with Crippen molar-refractivity contribution in [1.82, 2.24) is 10.2 Å². The molecule has 1 aliphatic heterocycles. The number of hydrogen-bond acceptors (Lipinski definition) is 4. The first-order valence-electron chi connectivity index (χ1n) is 5.53. The molecule has 0 saturated heterocycles. The minimum atomic E-state index is -1.13. The third-order valence-electron chi connectivity index (χ3n) is 2.70. The predicted molar refractivity (Wildman–Crippen MR) is 61.9 cm³/mol. The van der Waals surface area contributed by atoms with Gasteiger partial charge >= 0.3 is 5.97 Å². The molecule has 0 saturated carbocycles. The van der Waals surface area contributed by atoms with Crippen LogP contribution in [0.5, 0.6) is 11.5 Å². The Hall–Kier alpha value is -2.57. The number of H-pyrrole nitrogens is 1. The molecule has 0 amide bonds. The molecule has 7 heteroatoms. The second kappa shape index (κ2) is 4.27. The van der Waals surface area contributed by atoms with Crippen LogP contribution in [0.15, 0.2) is 18.2 Å². The van der Waals surface area contributed by atoms with E-state index in [1.54, 1.807) is 6.07 Å². The lowest BCUT2D eigenvalue weighted by atomic mass is 10.1. The molecule has 2 heterocycles. The Balaban J connectivity index is 2.05. The fourth-order valence-corrected chi connectivity index (χ4v) is 1.84. The number of fused-ring (bicyclic) bond motifs is 1. The lowest BCUT2D eigenvalue weighted by Crippen LogP contribution is -2.16. The van der Waals surface area contributed by atoms with Gasteiger partial charge in [-0.05, 0) is 18.2 Å². The second-order valence-corrected chi connectivity index (χ2v) is 3.95. The van der Waals surface area contributed by atoms with Crippen LogP contribution in [0.2, 0.25) is 0 Å². The quantitative estimate of drug-likeness (QED) is 0.862. The molecule has 0 aliphatic carbocycles. The van der Waals surface area contributed by atoms with Crippen molar-refractivity contribution in [2.24, 2.45) is 0 Å². The van der Waals surface area contributed by atoms with E-state index in [1.165, 1.54) is 12.1 Å². The van der Waals surface area contributed by atoms with Gasteiger partial charge in [0.05, 0.1) is 5.69 Å². The van der Waals surface area contributed by atoms with E-state index in [4.69, 9.17) is 14.6 Å². The van der Waals surface area contributed by atoms with E-state index in [0.717, 1.165) is 0 Å². The number of aromatic carboxylic acids is 1. The van der Waals surface area contributed by atoms with E-state index in [2.05, 4.69) is 10.2 Å². The number of rotatable bonds is 2. The molecule has 19 heavy (non-hydrogen) atoms. The standard InChI is InChI=1S/C12H9FN2O4/c13-7-3-6(4-10-11(7)19-2-1-18-10)8-5-9(12(16)17)15-14-8/h3-5H,1-2H2,(H,14,15)(H,16,17). The highest BCUT2D eigenvalue weighted by Gasteiger charge is 2.19. The van der Waals surface area contributed by atoms with Gasteiger partial charge in [-0.25, -0.2) is 9.18 Å². The normalized spacial score (nSPS) is 13.3. The van der Waals surface area contributed by atoms with E-state index in [-0.39, 0.29) is 11.4 Å². The van der Waals surface area contributed by atoms with Gasteiger partial charge in [-0.1, -0.05) is 0 Å². The number of aromatic amines is 1. The summed E-state index contributed by atoms with van der Waals surface area (Å²) >= 11 is 0. The van der Waals surface area contributed by atoms with Crippen molar-refractivity contribution in [2.75, 3.05) is 13.2 Å². The zero-order valence-electron chi connectivity index (χ0n) is 9.64. The van der Waals surface area contributed by atoms with Gasteiger partial charge < -0.3 is 14.6 Å². The average Bonchev–Trinajstić information content (AvgIpc) is 2.88. The van der Waals surface area contributed by atoms with Crippen LogP contribution in [-0.2, 0) is 0 Å². The van der Waals surface area contributed by atoms with E-state index in [9.17, 15) is 9.18 Å². The minimum absolute atomic E-state index is 0.0645. The molecular weight excluding hydrogens is 255 g/mol. The molecule has 1 aliphatic rings. The van der Waals surface area contributed by atoms with Crippen LogP contribution in [0, 0.1) is 5.82 Å². The van der Waals surface area contributed by atoms with Crippen molar-refractivity contribution in [1.29, 1.82) is 0 Å². The minimum Gasteiger partial charge on any atom is -0.486 e. The summed E-state index contributed by atoms with van der Waals surface area (Å²) in [6.45, 7) is 0.645. The highest BCUT2D eigenvalue weighted by molar-refractivity contribution is 5.87. The Kier molecular flexibility index (Phi) is 2.59. The molecule has 0 spiro atoms. The summed E-state index contributed by atoms with van der Waals surface area (Å²) in [5, 5.41) is 15.0. The monoisotopic (exact) mass is 264 g/mol. The molecule has 0 unspecified atom stereocenters. The van der Waals surface area contributed by atoms with Crippen molar-refractivity contribution in [2.45, 2.75) is 0 Å². The van der Waals surface area contributed by atoms with Crippen LogP contribution in [0.25, 0.3) is 11.3 Å². The van der Waals surface area contributed by atoms with Gasteiger partial charge in [0.1, 0.15) is 18.9 Å². The molecule has 0 radical (unpaired) electrons. The first-order chi connectivity index (χ1) is 9.15. The van der Waals surface area contributed by atoms with Gasteiger partial charge in [0.2, 0.25) is 0 Å². The number of carbonyl (C=O) groups is 1. The molecule has 0 atom stereocenters. The Morgan fingerprint density at radius 3 is 2.84 bits per heavy atom. The number of carboxylic acids is 1. The average molecular weight is 264 g/mol. The molecule has 2 aromatic rings. The van der Waals surface area contributed by atoms with Gasteiger partial charge in [-0.2, -0.15) is 5.10 Å². The smallest absolute Gasteiger partial charge is 0.353 e. The third kappa shape index (κ3) is 1.99. The summed E-state index contributed by atoms with van der Waals surface area (Å²) in [5.74, 6) is -1.33. The van der Waals surface area contributed by atoms with Crippen molar-refractivity contribution in [3.63, 3.8) is 0 Å². The first kappa shape index (κ1) is 11.5. The summed E-state index contributed by atoms with van der Waals surface area (Å²) in [4.78, 5) is 10.8. The Bertz CT molecular complexity index is 653. The molecule has 98 valence electrons. The Morgan fingerprint density at radius 2 is 2.11 bits per heavy atom. The molecule has 1 aromatic carbocycles. The van der Waals surface area contributed by atoms with Gasteiger partial charge in [-0.3, -0.25) is 5.10 Å². The maximum Gasteiger partial charge on any atom is 0.353 e. The number of halogens is 1. The summed E-state index contributed by atoms with van der Waals surface area (Å²) in [5.41, 5.74) is 0.684. The number of nitrogens with one attached hydrogen (secondary N) is 1. The van der Waals surface area contributed by atoms with E-state index in [1.807, 2.05) is 0 Å². The SMILES string of the molecule is O=C(O)c1cc(-c2cc(F)c3c(c2)OCCO3)n[nH]1. The third-order valence-corrected chi connectivity index (χ3v) is 2.70. The highest BCUT2D eigenvalue weighted by Crippen LogP contribution is 2.36. The lowest BCUT2D eigenvalue weighted by molar-refractivity contribution is 0.0690. The molecule has 3 rings (SSSR count). The number of hydrogen-bond donors (Lipinski definition) is 2. The first-order valence-corrected chi connectivity index (χ1v) is 5.53. The maximum atomic E-state index is 13.8. The number of nitrogens with zero attached hydrogens (tertiary/aromatic N) is 1. The molecule has 1 aromatic heterocycles. The molecule has 6 nitrogen and oxygen atoms in total. The van der Waals surface area contributed by atoms with Crippen LogP contribution >= 0.6 is 0 Å². The van der Waals surface area contributed by atoms with Crippen molar-refractivity contribution >= 4 is 5.97 Å². The van der Waals surface area contributed by atoms with E-state index >= 15 is 0 Å². The zero-order chi connectivity index (χ0) is 13.4. The fraction of sp³-hybridized carbons (Fsp3) is 0.167. The van der Waals surface area contributed by atoms with Crippen LogP contribution in [0.1, 0.15) is 10.5 Å². The number of ether oxygens (including phenoxy) is 2.